The molecule has 0 aliphatic carbocycles. The number of nitrogens with zero attached hydrogens (tertiary/aromatic N) is 1. The molecule has 0 unspecified atom stereocenters. The maximum atomic E-state index is 12.1. The summed E-state index contributed by atoms with van der Waals surface area (Å²) in [5.74, 6) is 0.816. The highest BCUT2D eigenvalue weighted by Crippen LogP contribution is 2.15. The Morgan fingerprint density at radius 3 is 2.54 bits per heavy atom. The summed E-state index contributed by atoms with van der Waals surface area (Å²) in [5.41, 5.74) is 2.72. The van der Waals surface area contributed by atoms with Crippen molar-refractivity contribution < 1.29 is 22.8 Å². The highest BCUT2D eigenvalue weighted by Gasteiger charge is 2.11. The highest BCUT2D eigenvalue weighted by atomic mass is 19.3. The number of aryl methyl sites for hydroxylation is 2. The molecule has 0 fully saturated rings. The summed E-state index contributed by atoms with van der Waals surface area (Å²) in [4.78, 5) is 11.9. The number of nitrogens with one attached hydrogen (secondary N) is 1. The third kappa shape index (κ3) is 5.33. The van der Waals surface area contributed by atoms with Crippen molar-refractivity contribution in [2.75, 3.05) is 6.54 Å². The molecule has 2 aromatic rings. The summed E-state index contributed by atoms with van der Waals surface area (Å²) in [6, 6.07) is 6.38. The molecule has 1 aromatic heterocycles. The van der Waals surface area contributed by atoms with Crippen molar-refractivity contribution in [2.45, 2.75) is 39.7 Å². The average molecular weight is 338 g/mol. The lowest BCUT2D eigenvalue weighted by molar-refractivity contribution is -0.121. The van der Waals surface area contributed by atoms with Gasteiger partial charge in [0.1, 0.15) is 11.5 Å². The lowest BCUT2D eigenvalue weighted by Gasteiger charge is -2.07. The first-order valence-electron chi connectivity index (χ1n) is 7.68. The lowest BCUT2D eigenvalue weighted by Crippen LogP contribution is -2.25. The van der Waals surface area contributed by atoms with Crippen LogP contribution in [0.25, 0.3) is 0 Å². The number of hydrogen-bond acceptors (Lipinski definition) is 4. The van der Waals surface area contributed by atoms with E-state index in [0.29, 0.717) is 25.8 Å². The Bertz CT molecular complexity index is 649. The summed E-state index contributed by atoms with van der Waals surface area (Å²) in [5, 5.41) is 6.70. The molecular weight excluding hydrogens is 318 g/mol. The SMILES string of the molecule is Cc1noc(C)c1CCC(=O)NCCc1ccc(OC(F)F)cc1. The summed E-state index contributed by atoms with van der Waals surface area (Å²) in [6.45, 7) is 1.34. The Morgan fingerprint density at radius 1 is 1.25 bits per heavy atom. The topological polar surface area (TPSA) is 64.4 Å². The first-order valence-corrected chi connectivity index (χ1v) is 7.68. The van der Waals surface area contributed by atoms with Crippen molar-refractivity contribution in [1.29, 1.82) is 0 Å². The number of alkyl halides is 2. The number of hydrogen-bond donors (Lipinski definition) is 1. The van der Waals surface area contributed by atoms with Crippen LogP contribution >= 0.6 is 0 Å². The van der Waals surface area contributed by atoms with Crippen molar-refractivity contribution in [3.63, 3.8) is 0 Å². The highest BCUT2D eigenvalue weighted by molar-refractivity contribution is 5.76. The van der Waals surface area contributed by atoms with Gasteiger partial charge in [-0.25, -0.2) is 0 Å². The summed E-state index contributed by atoms with van der Waals surface area (Å²) >= 11 is 0. The molecule has 1 N–H and O–H groups in total. The Labute approximate surface area is 139 Å². The number of ether oxygens (including phenoxy) is 1. The quantitative estimate of drug-likeness (QED) is 0.803. The molecule has 0 radical (unpaired) electrons. The van der Waals surface area contributed by atoms with Crippen molar-refractivity contribution in [3.8, 4) is 5.75 Å². The number of aromatic nitrogens is 1. The van der Waals surface area contributed by atoms with Crippen LogP contribution < -0.4 is 10.1 Å². The molecule has 1 amide bonds. The Morgan fingerprint density at radius 2 is 1.96 bits per heavy atom. The van der Waals surface area contributed by atoms with Gasteiger partial charge in [-0.15, -0.1) is 0 Å². The second-order valence-corrected chi connectivity index (χ2v) is 5.43. The molecule has 24 heavy (non-hydrogen) atoms. The van der Waals surface area contributed by atoms with E-state index < -0.39 is 6.61 Å². The fourth-order valence-electron chi connectivity index (χ4n) is 2.37. The molecule has 5 nitrogen and oxygen atoms in total. The number of halogens is 2. The molecule has 0 aliphatic rings. The van der Waals surface area contributed by atoms with Crippen LogP contribution in [0.4, 0.5) is 8.78 Å². The van der Waals surface area contributed by atoms with Crippen LogP contribution in [0.5, 0.6) is 5.75 Å². The minimum absolute atomic E-state index is 0.0485. The zero-order valence-corrected chi connectivity index (χ0v) is 13.6. The molecule has 7 heteroatoms. The summed E-state index contributed by atoms with van der Waals surface area (Å²) in [6.07, 6.45) is 1.57. The molecule has 0 saturated carbocycles. The summed E-state index contributed by atoms with van der Waals surface area (Å²) in [7, 11) is 0. The van der Waals surface area contributed by atoms with E-state index in [1.807, 2.05) is 13.8 Å². The lowest BCUT2D eigenvalue weighted by atomic mass is 10.1. The fourth-order valence-corrected chi connectivity index (χ4v) is 2.37. The largest absolute Gasteiger partial charge is 0.435 e. The predicted octanol–water partition coefficient (Wildman–Crippen LogP) is 3.18. The first-order chi connectivity index (χ1) is 11.5. The normalized spacial score (nSPS) is 10.9. The number of amides is 1. The fraction of sp³-hybridized carbons (Fsp3) is 0.412. The van der Waals surface area contributed by atoms with Crippen LogP contribution in [0.2, 0.25) is 0 Å². The number of carbonyl (C=O) groups is 1. The molecule has 0 atom stereocenters. The van der Waals surface area contributed by atoms with E-state index in [2.05, 4.69) is 15.2 Å². The first kappa shape index (κ1) is 17.9. The van der Waals surface area contributed by atoms with Crippen LogP contribution in [0, 0.1) is 13.8 Å². The Hall–Kier alpha value is -2.44. The minimum Gasteiger partial charge on any atom is -0.435 e. The molecular formula is C17H20F2N2O3. The second-order valence-electron chi connectivity index (χ2n) is 5.43. The number of benzene rings is 1. The molecule has 0 aliphatic heterocycles. The van der Waals surface area contributed by atoms with Gasteiger partial charge in [0.2, 0.25) is 5.91 Å². The minimum atomic E-state index is -2.83. The standard InChI is InChI=1S/C17H20F2N2O3/c1-11-15(12(2)24-21-11)7-8-16(22)20-10-9-13-3-5-14(6-4-13)23-17(18)19/h3-6,17H,7-10H2,1-2H3,(H,20,22). The molecule has 0 spiro atoms. The van der Waals surface area contributed by atoms with E-state index in [9.17, 15) is 13.6 Å². The van der Waals surface area contributed by atoms with Crippen molar-refractivity contribution >= 4 is 5.91 Å². The average Bonchev–Trinajstić information content (AvgIpc) is 2.85. The maximum Gasteiger partial charge on any atom is 0.387 e. The van der Waals surface area contributed by atoms with E-state index in [1.165, 1.54) is 12.1 Å². The zero-order valence-electron chi connectivity index (χ0n) is 13.6. The van der Waals surface area contributed by atoms with Gasteiger partial charge in [-0.05, 0) is 44.4 Å². The van der Waals surface area contributed by atoms with Gasteiger partial charge in [0.25, 0.3) is 0 Å². The Balaban J connectivity index is 1.70. The van der Waals surface area contributed by atoms with Gasteiger partial charge in [0, 0.05) is 18.5 Å². The van der Waals surface area contributed by atoms with Gasteiger partial charge in [-0.1, -0.05) is 17.3 Å². The second kappa shape index (κ2) is 8.42. The van der Waals surface area contributed by atoms with E-state index in [0.717, 1.165) is 22.6 Å². The van der Waals surface area contributed by atoms with Gasteiger partial charge in [0.05, 0.1) is 5.69 Å². The van der Waals surface area contributed by atoms with Gasteiger partial charge in [0.15, 0.2) is 0 Å². The third-order valence-corrected chi connectivity index (χ3v) is 3.67. The van der Waals surface area contributed by atoms with Crippen LogP contribution in [0.3, 0.4) is 0 Å². The third-order valence-electron chi connectivity index (χ3n) is 3.67. The van der Waals surface area contributed by atoms with Crippen LogP contribution in [-0.2, 0) is 17.6 Å². The van der Waals surface area contributed by atoms with E-state index >= 15 is 0 Å². The van der Waals surface area contributed by atoms with E-state index in [-0.39, 0.29) is 11.7 Å². The Kier molecular flexibility index (Phi) is 6.28. The van der Waals surface area contributed by atoms with Gasteiger partial charge in [-0.2, -0.15) is 8.78 Å². The monoisotopic (exact) mass is 338 g/mol. The van der Waals surface area contributed by atoms with Gasteiger partial charge < -0.3 is 14.6 Å². The molecule has 1 heterocycles. The van der Waals surface area contributed by atoms with Crippen LogP contribution in [-0.4, -0.2) is 24.2 Å². The smallest absolute Gasteiger partial charge is 0.387 e. The van der Waals surface area contributed by atoms with Crippen molar-refractivity contribution in [1.82, 2.24) is 10.5 Å². The van der Waals surface area contributed by atoms with Crippen molar-refractivity contribution in [3.05, 3.63) is 46.8 Å². The predicted molar refractivity (Wildman–Crippen MR) is 84.1 cm³/mol. The van der Waals surface area contributed by atoms with Gasteiger partial charge >= 0.3 is 6.61 Å². The summed E-state index contributed by atoms with van der Waals surface area (Å²) < 4.78 is 33.5. The van der Waals surface area contributed by atoms with Gasteiger partial charge in [-0.3, -0.25) is 4.79 Å². The maximum absolute atomic E-state index is 12.1. The molecule has 1 aromatic carbocycles. The van der Waals surface area contributed by atoms with Crippen LogP contribution in [0.15, 0.2) is 28.8 Å². The number of carbonyl (C=O) groups excluding carboxylic acids is 1. The molecule has 130 valence electrons. The van der Waals surface area contributed by atoms with Crippen LogP contribution in [0.1, 0.15) is 29.0 Å². The van der Waals surface area contributed by atoms with E-state index in [4.69, 9.17) is 4.52 Å². The molecule has 0 bridgehead atoms. The molecule has 2 rings (SSSR count). The van der Waals surface area contributed by atoms with E-state index in [1.54, 1.807) is 12.1 Å². The van der Waals surface area contributed by atoms with Crippen molar-refractivity contribution in [2.24, 2.45) is 0 Å². The zero-order chi connectivity index (χ0) is 17.5. The number of rotatable bonds is 8. The molecule has 0 saturated heterocycles.